The number of hydrogen-bond acceptors (Lipinski definition) is 4. The highest BCUT2D eigenvalue weighted by Gasteiger charge is 2.22. The van der Waals surface area contributed by atoms with Crippen LogP contribution in [0.15, 0.2) is 109 Å². The Hall–Kier alpha value is -5.29. The molecule has 0 aliphatic heterocycles. The monoisotopic (exact) mass is 616 g/mol. The van der Waals surface area contributed by atoms with E-state index in [1.807, 2.05) is 42.7 Å². The molecular formula is C42H40N4O. The van der Waals surface area contributed by atoms with Crippen molar-refractivity contribution in [2.75, 3.05) is 0 Å². The van der Waals surface area contributed by atoms with Gasteiger partial charge in [-0.3, -0.25) is 14.5 Å². The predicted octanol–water partition coefficient (Wildman–Crippen LogP) is 10.6. The molecule has 5 nitrogen and oxygen atoms in total. The third-order valence-corrected chi connectivity index (χ3v) is 9.10. The number of phenols is 1. The number of para-hydroxylation sites is 2. The van der Waals surface area contributed by atoms with Crippen molar-refractivity contribution in [2.45, 2.75) is 59.3 Å². The molecule has 0 unspecified atom stereocenters. The van der Waals surface area contributed by atoms with Crippen LogP contribution in [0.2, 0.25) is 0 Å². The molecule has 0 atom stereocenters. The first kappa shape index (κ1) is 30.4. The Morgan fingerprint density at radius 3 is 2.04 bits per heavy atom. The first-order chi connectivity index (χ1) is 22.4. The van der Waals surface area contributed by atoms with E-state index in [1.54, 1.807) is 6.07 Å². The predicted molar refractivity (Wildman–Crippen MR) is 194 cm³/mol. The topological polar surface area (TPSA) is 63.8 Å². The average Bonchev–Trinajstić information content (AvgIpc) is 3.44. The van der Waals surface area contributed by atoms with Crippen molar-refractivity contribution in [3.8, 4) is 45.2 Å². The van der Waals surface area contributed by atoms with Crippen molar-refractivity contribution in [2.24, 2.45) is 0 Å². The molecule has 0 amide bonds. The van der Waals surface area contributed by atoms with E-state index in [9.17, 15) is 5.11 Å². The second kappa shape index (κ2) is 11.2. The van der Waals surface area contributed by atoms with Crippen LogP contribution in [-0.4, -0.2) is 24.6 Å². The molecule has 0 radical (unpaired) electrons. The molecule has 3 aromatic heterocycles. The third kappa shape index (κ3) is 5.46. The summed E-state index contributed by atoms with van der Waals surface area (Å²) >= 11 is 0. The Bertz CT molecular complexity index is 2280. The van der Waals surface area contributed by atoms with Crippen LogP contribution in [0.4, 0.5) is 0 Å². The summed E-state index contributed by atoms with van der Waals surface area (Å²) in [6.45, 7) is 15.6. The van der Waals surface area contributed by atoms with Crippen LogP contribution in [0.1, 0.15) is 58.2 Å². The van der Waals surface area contributed by atoms with Gasteiger partial charge in [-0.25, -0.2) is 4.98 Å². The number of hydrogen-bond donors (Lipinski definition) is 1. The van der Waals surface area contributed by atoms with Gasteiger partial charge in [0.05, 0.1) is 16.6 Å². The lowest BCUT2D eigenvalue weighted by Gasteiger charge is -2.22. The summed E-state index contributed by atoms with van der Waals surface area (Å²) in [6.07, 6.45) is 3.76. The molecule has 7 rings (SSSR count). The maximum absolute atomic E-state index is 10.8. The van der Waals surface area contributed by atoms with Gasteiger partial charge >= 0.3 is 0 Å². The van der Waals surface area contributed by atoms with Gasteiger partial charge in [0.1, 0.15) is 11.4 Å². The van der Waals surface area contributed by atoms with Gasteiger partial charge in [-0.2, -0.15) is 0 Å². The number of nitrogens with zero attached hydrogens (tertiary/aromatic N) is 4. The second-order valence-electron chi connectivity index (χ2n) is 14.5. The first-order valence-electron chi connectivity index (χ1n) is 16.2. The van der Waals surface area contributed by atoms with Crippen LogP contribution in [0.25, 0.3) is 61.4 Å². The van der Waals surface area contributed by atoms with Gasteiger partial charge in [0.15, 0.2) is 5.82 Å². The standard InChI is InChI=1S/C42H40N4O/c1-26-19-21-44-38-33(26)24-29(42(5,6)7)25-34(38)27-20-22-43-35(23-27)40-45-39-32(31-11-8-9-14-37(31)47)12-10-13-36(39)46(40)30-17-15-28(16-18-30)41(2,3)4/h8-25,47H,1-7H3. The van der Waals surface area contributed by atoms with Crippen LogP contribution in [0.3, 0.4) is 0 Å². The number of pyridine rings is 2. The molecule has 0 bridgehead atoms. The van der Waals surface area contributed by atoms with Crippen molar-refractivity contribution >= 4 is 21.9 Å². The van der Waals surface area contributed by atoms with Crippen molar-refractivity contribution < 1.29 is 5.11 Å². The SMILES string of the molecule is Cc1ccnc2c(-c3ccnc(-c4nc5c(-c6ccccc6O)cccc5n4-c4ccc(C(C)(C)C)cc4)c3)cc(C(C)(C)C)cc12. The number of phenolic OH excluding ortho intramolecular Hbond substituents is 1. The molecule has 1 N–H and O–H groups in total. The Morgan fingerprint density at radius 1 is 0.617 bits per heavy atom. The number of imidazole rings is 1. The van der Waals surface area contributed by atoms with E-state index in [4.69, 9.17) is 15.0 Å². The molecule has 3 heterocycles. The summed E-state index contributed by atoms with van der Waals surface area (Å²) < 4.78 is 2.18. The summed E-state index contributed by atoms with van der Waals surface area (Å²) in [7, 11) is 0. The van der Waals surface area contributed by atoms with Crippen LogP contribution < -0.4 is 0 Å². The van der Waals surface area contributed by atoms with E-state index in [2.05, 4.69) is 114 Å². The molecule has 234 valence electrons. The number of aromatic nitrogens is 4. The Kier molecular flexibility index (Phi) is 7.24. The van der Waals surface area contributed by atoms with E-state index in [1.165, 1.54) is 16.7 Å². The minimum atomic E-state index is -0.0341. The van der Waals surface area contributed by atoms with Gasteiger partial charge in [0.2, 0.25) is 0 Å². The van der Waals surface area contributed by atoms with Gasteiger partial charge < -0.3 is 5.11 Å². The van der Waals surface area contributed by atoms with E-state index in [0.29, 0.717) is 0 Å². The average molecular weight is 617 g/mol. The maximum atomic E-state index is 10.8. The smallest absolute Gasteiger partial charge is 0.164 e. The Balaban J connectivity index is 1.49. The number of aromatic hydroxyl groups is 1. The molecule has 4 aromatic carbocycles. The van der Waals surface area contributed by atoms with Crippen LogP contribution in [-0.2, 0) is 10.8 Å². The highest BCUT2D eigenvalue weighted by atomic mass is 16.3. The number of aryl methyl sites for hydroxylation is 1. The third-order valence-electron chi connectivity index (χ3n) is 9.10. The Morgan fingerprint density at radius 2 is 1.32 bits per heavy atom. The molecule has 47 heavy (non-hydrogen) atoms. The maximum Gasteiger partial charge on any atom is 0.164 e. The van der Waals surface area contributed by atoms with E-state index >= 15 is 0 Å². The quantitative estimate of drug-likeness (QED) is 0.214. The summed E-state index contributed by atoms with van der Waals surface area (Å²) in [6, 6.07) is 33.1. The zero-order valence-electron chi connectivity index (χ0n) is 28.1. The lowest BCUT2D eigenvalue weighted by Crippen LogP contribution is -2.11. The van der Waals surface area contributed by atoms with Crippen LogP contribution in [0, 0.1) is 6.92 Å². The van der Waals surface area contributed by atoms with Gasteiger partial charge in [-0.05, 0) is 94.6 Å². The number of rotatable bonds is 4. The Labute approximate surface area is 276 Å². The second-order valence-corrected chi connectivity index (χ2v) is 14.5. The minimum absolute atomic E-state index is 0.0308. The van der Waals surface area contributed by atoms with E-state index in [-0.39, 0.29) is 16.6 Å². The number of fused-ring (bicyclic) bond motifs is 2. The van der Waals surface area contributed by atoms with E-state index < -0.39 is 0 Å². The van der Waals surface area contributed by atoms with Crippen molar-refractivity contribution in [3.63, 3.8) is 0 Å². The van der Waals surface area contributed by atoms with Crippen LogP contribution >= 0.6 is 0 Å². The molecule has 7 aromatic rings. The molecule has 0 aliphatic carbocycles. The largest absolute Gasteiger partial charge is 0.507 e. The molecule has 0 aliphatic rings. The summed E-state index contributed by atoms with van der Waals surface area (Å²) in [5.41, 5.74) is 11.9. The summed E-state index contributed by atoms with van der Waals surface area (Å²) in [4.78, 5) is 15.1. The van der Waals surface area contributed by atoms with Crippen molar-refractivity contribution in [3.05, 3.63) is 126 Å². The van der Waals surface area contributed by atoms with Crippen molar-refractivity contribution in [1.29, 1.82) is 0 Å². The zero-order valence-corrected chi connectivity index (χ0v) is 28.1. The normalized spacial score (nSPS) is 12.2. The van der Waals surface area contributed by atoms with Gasteiger partial charge in [0, 0.05) is 40.2 Å². The van der Waals surface area contributed by atoms with Gasteiger partial charge in [-0.1, -0.05) is 84.0 Å². The summed E-state index contributed by atoms with van der Waals surface area (Å²) in [5, 5.41) is 12.0. The first-order valence-corrected chi connectivity index (χ1v) is 16.2. The van der Waals surface area contributed by atoms with E-state index in [0.717, 1.165) is 61.4 Å². The minimum Gasteiger partial charge on any atom is -0.507 e. The lowest BCUT2D eigenvalue weighted by molar-refractivity contribution is 0.477. The molecule has 0 saturated heterocycles. The molecule has 0 spiro atoms. The zero-order chi connectivity index (χ0) is 33.1. The molecular weight excluding hydrogens is 576 g/mol. The summed E-state index contributed by atoms with van der Waals surface area (Å²) in [5.74, 6) is 0.952. The fourth-order valence-electron chi connectivity index (χ4n) is 6.32. The van der Waals surface area contributed by atoms with Gasteiger partial charge in [-0.15, -0.1) is 0 Å². The highest BCUT2D eigenvalue weighted by Crippen LogP contribution is 2.39. The van der Waals surface area contributed by atoms with Gasteiger partial charge in [0.25, 0.3) is 0 Å². The lowest BCUT2D eigenvalue weighted by atomic mass is 9.83. The van der Waals surface area contributed by atoms with Crippen LogP contribution in [0.5, 0.6) is 5.75 Å². The molecule has 0 fully saturated rings. The fraction of sp³-hybridized carbons (Fsp3) is 0.214. The van der Waals surface area contributed by atoms with Crippen molar-refractivity contribution in [1.82, 2.24) is 19.5 Å². The molecule has 5 heteroatoms. The fourth-order valence-corrected chi connectivity index (χ4v) is 6.32. The molecule has 0 saturated carbocycles. The highest BCUT2D eigenvalue weighted by molar-refractivity contribution is 5.98. The number of benzene rings is 4.